The van der Waals surface area contributed by atoms with Gasteiger partial charge in [-0.25, -0.2) is 13.2 Å². The zero-order chi connectivity index (χ0) is 29.5. The van der Waals surface area contributed by atoms with Crippen molar-refractivity contribution in [3.63, 3.8) is 0 Å². The summed E-state index contributed by atoms with van der Waals surface area (Å²) in [6.45, 7) is -0.0796. The molecule has 1 N–H and O–H groups in total. The van der Waals surface area contributed by atoms with Crippen LogP contribution in [0.15, 0.2) is 53.2 Å². The van der Waals surface area contributed by atoms with Gasteiger partial charge >= 0.3 is 6.09 Å². The largest absolute Gasteiger partial charge is 0.497 e. The van der Waals surface area contributed by atoms with Gasteiger partial charge in [0.15, 0.2) is 5.78 Å². The number of aromatic nitrogens is 1. The number of ether oxygens (including phenoxy) is 2. The summed E-state index contributed by atoms with van der Waals surface area (Å²) < 4.78 is 44.1. The molecule has 2 atom stereocenters. The van der Waals surface area contributed by atoms with Crippen LogP contribution < -0.4 is 14.8 Å². The number of hydrogen-bond acceptors (Lipinski definition) is 9. The minimum absolute atomic E-state index is 0.0316. The number of amides is 2. The van der Waals surface area contributed by atoms with Crippen LogP contribution in [-0.4, -0.2) is 78.2 Å². The average molecular weight is 597 g/mol. The molecule has 1 saturated carbocycles. The van der Waals surface area contributed by atoms with Gasteiger partial charge in [-0.1, -0.05) is 25.3 Å². The fraction of sp³-hybridized carbons (Fsp3) is 0.448. The number of pyridine rings is 1. The predicted molar refractivity (Wildman–Crippen MR) is 150 cm³/mol. The van der Waals surface area contributed by atoms with Crippen LogP contribution in [0, 0.1) is 0 Å². The number of benzene rings is 1. The van der Waals surface area contributed by atoms with E-state index in [4.69, 9.17) is 13.9 Å². The smallest absolute Gasteiger partial charge is 0.415 e. The van der Waals surface area contributed by atoms with E-state index in [1.54, 1.807) is 49.7 Å². The highest BCUT2D eigenvalue weighted by molar-refractivity contribution is 7.88. The fourth-order valence-electron chi connectivity index (χ4n) is 6.45. The van der Waals surface area contributed by atoms with Crippen LogP contribution in [0.4, 0.5) is 4.79 Å². The molecular formula is C29H32N4O8S. The molecule has 2 aliphatic heterocycles. The van der Waals surface area contributed by atoms with Gasteiger partial charge in [-0.15, -0.1) is 0 Å². The number of carbonyl (C=O) groups excluding carboxylic acids is 3. The Labute approximate surface area is 243 Å². The van der Waals surface area contributed by atoms with Gasteiger partial charge in [0.1, 0.15) is 22.9 Å². The Morgan fingerprint density at radius 3 is 2.71 bits per heavy atom. The predicted octanol–water partition coefficient (Wildman–Crippen LogP) is 3.01. The lowest BCUT2D eigenvalue weighted by molar-refractivity contribution is -0.143. The topological polar surface area (TPSA) is 148 Å². The van der Waals surface area contributed by atoms with E-state index in [1.165, 1.54) is 15.4 Å². The minimum atomic E-state index is -3.83. The molecule has 4 heterocycles. The van der Waals surface area contributed by atoms with Crippen LogP contribution in [0.3, 0.4) is 0 Å². The van der Waals surface area contributed by atoms with Gasteiger partial charge in [-0.2, -0.15) is 4.31 Å². The second kappa shape index (κ2) is 11.0. The van der Waals surface area contributed by atoms with Gasteiger partial charge in [0.25, 0.3) is 5.95 Å². The molecule has 222 valence electrons. The number of likely N-dealkylation sites (tertiary alicyclic amines) is 1. The lowest BCUT2D eigenvalue weighted by Gasteiger charge is -2.40. The van der Waals surface area contributed by atoms with E-state index in [0.717, 1.165) is 6.42 Å². The fourth-order valence-corrected chi connectivity index (χ4v) is 8.16. The van der Waals surface area contributed by atoms with E-state index in [0.29, 0.717) is 54.4 Å². The lowest BCUT2D eigenvalue weighted by Crippen LogP contribution is -2.62. The van der Waals surface area contributed by atoms with Crippen molar-refractivity contribution in [1.82, 2.24) is 19.5 Å². The molecule has 3 fully saturated rings. The molecule has 0 bridgehead atoms. The molecule has 13 heteroatoms. The van der Waals surface area contributed by atoms with Crippen molar-refractivity contribution in [2.24, 2.45) is 0 Å². The molecule has 0 spiro atoms. The second-order valence-electron chi connectivity index (χ2n) is 11.1. The number of furan rings is 1. The van der Waals surface area contributed by atoms with Crippen LogP contribution in [0.5, 0.6) is 11.7 Å². The monoisotopic (exact) mass is 596 g/mol. The number of hydrogen-bond donors (Lipinski definition) is 1. The van der Waals surface area contributed by atoms with Gasteiger partial charge in [-0.05, 0) is 49.1 Å². The van der Waals surface area contributed by atoms with Crippen molar-refractivity contribution in [3.8, 4) is 11.7 Å². The highest BCUT2D eigenvalue weighted by Gasteiger charge is 2.56. The summed E-state index contributed by atoms with van der Waals surface area (Å²) in [7, 11) is -2.28. The molecule has 3 aliphatic rings. The molecule has 2 unspecified atom stereocenters. The standard InChI is InChI=1S/C29H32N4O8S/c1-39-21-7-8-24-20(14-21)15-25(40-24)41-28(36)31-29(10-3-2-4-11-29)27(35)32-13-9-22-26(32)23(34)17-33(22)42(37,38)18-19-6-5-12-30-16-19/h5-8,12,14-16,22,26H,2-4,9-11,13,17-18H2,1H3,(H,31,36). The van der Waals surface area contributed by atoms with Gasteiger partial charge in [0, 0.05) is 30.4 Å². The van der Waals surface area contributed by atoms with Crippen LogP contribution >= 0.6 is 0 Å². The van der Waals surface area contributed by atoms with Crippen LogP contribution in [0.2, 0.25) is 0 Å². The summed E-state index contributed by atoms with van der Waals surface area (Å²) in [6.07, 6.45) is 5.61. The summed E-state index contributed by atoms with van der Waals surface area (Å²) in [5, 5.41) is 3.49. The molecule has 42 heavy (non-hydrogen) atoms. The molecular weight excluding hydrogens is 564 g/mol. The minimum Gasteiger partial charge on any atom is -0.497 e. The number of carbonyl (C=O) groups is 3. The maximum atomic E-state index is 14.1. The Hall–Kier alpha value is -3.97. The number of fused-ring (bicyclic) bond motifs is 2. The first kappa shape index (κ1) is 28.2. The maximum Gasteiger partial charge on any atom is 0.415 e. The van der Waals surface area contributed by atoms with E-state index < -0.39 is 33.7 Å². The Morgan fingerprint density at radius 1 is 1.17 bits per heavy atom. The van der Waals surface area contributed by atoms with E-state index in [-0.39, 0.29) is 36.5 Å². The van der Waals surface area contributed by atoms with Crippen molar-refractivity contribution < 1.29 is 36.7 Å². The van der Waals surface area contributed by atoms with Crippen molar-refractivity contribution in [1.29, 1.82) is 0 Å². The summed E-state index contributed by atoms with van der Waals surface area (Å²) >= 11 is 0. The zero-order valence-electron chi connectivity index (χ0n) is 23.2. The molecule has 12 nitrogen and oxygen atoms in total. The number of methoxy groups -OCH3 is 1. The zero-order valence-corrected chi connectivity index (χ0v) is 24.0. The SMILES string of the molecule is COc1ccc2oc(OC(=O)NC3(C(=O)N4CCC5C4C(=O)CN5S(=O)(=O)Cc4cccnc4)CCCCC3)cc2c1. The average Bonchev–Trinajstić information content (AvgIpc) is 3.67. The Bertz CT molecular complexity index is 1620. The van der Waals surface area contributed by atoms with Crippen molar-refractivity contribution in [3.05, 3.63) is 54.4 Å². The van der Waals surface area contributed by atoms with Gasteiger partial charge < -0.3 is 24.1 Å². The third-order valence-corrected chi connectivity index (χ3v) is 10.2. The lowest BCUT2D eigenvalue weighted by atomic mass is 9.80. The highest BCUT2D eigenvalue weighted by atomic mass is 32.2. The summed E-state index contributed by atoms with van der Waals surface area (Å²) in [5.41, 5.74) is -0.249. The number of rotatable bonds is 7. The summed E-state index contributed by atoms with van der Waals surface area (Å²) in [6, 6.07) is 8.52. The van der Waals surface area contributed by atoms with E-state index >= 15 is 0 Å². The molecule has 2 amide bonds. The van der Waals surface area contributed by atoms with E-state index in [9.17, 15) is 22.8 Å². The molecule has 6 rings (SSSR count). The molecule has 2 saturated heterocycles. The number of nitrogens with zero attached hydrogens (tertiary/aromatic N) is 3. The Morgan fingerprint density at radius 2 is 1.98 bits per heavy atom. The molecule has 2 aromatic heterocycles. The highest BCUT2D eigenvalue weighted by Crippen LogP contribution is 2.38. The van der Waals surface area contributed by atoms with E-state index in [1.807, 2.05) is 0 Å². The third kappa shape index (κ3) is 5.22. The first-order chi connectivity index (χ1) is 20.2. The van der Waals surface area contributed by atoms with Crippen LogP contribution in [-0.2, 0) is 25.4 Å². The maximum absolute atomic E-state index is 14.1. The summed E-state index contributed by atoms with van der Waals surface area (Å²) in [5.74, 6) is -0.402. The van der Waals surface area contributed by atoms with Crippen LogP contribution in [0.25, 0.3) is 11.0 Å². The number of Topliss-reactive ketones (excluding diaryl/α,β-unsaturated/α-hetero) is 1. The van der Waals surface area contributed by atoms with Crippen molar-refractivity contribution >= 4 is 38.8 Å². The number of sulfonamides is 1. The normalized spacial score (nSPS) is 22.2. The van der Waals surface area contributed by atoms with Crippen molar-refractivity contribution in [2.75, 3.05) is 20.2 Å². The van der Waals surface area contributed by atoms with Gasteiger partial charge in [0.2, 0.25) is 15.9 Å². The number of nitrogens with one attached hydrogen (secondary N) is 1. The van der Waals surface area contributed by atoms with Gasteiger partial charge in [-0.3, -0.25) is 14.6 Å². The first-order valence-corrected chi connectivity index (χ1v) is 15.6. The quantitative estimate of drug-likeness (QED) is 0.434. The number of ketones is 1. The second-order valence-corrected chi connectivity index (χ2v) is 13.0. The molecule has 1 aliphatic carbocycles. The van der Waals surface area contributed by atoms with Gasteiger partial charge in [0.05, 0.1) is 25.4 Å². The Kier molecular flexibility index (Phi) is 7.39. The summed E-state index contributed by atoms with van der Waals surface area (Å²) in [4.78, 5) is 45.9. The first-order valence-electron chi connectivity index (χ1n) is 14.0. The van der Waals surface area contributed by atoms with E-state index in [2.05, 4.69) is 10.3 Å². The Balaban J connectivity index is 1.19. The third-order valence-electron chi connectivity index (χ3n) is 8.42. The molecule has 1 aromatic carbocycles. The van der Waals surface area contributed by atoms with Crippen LogP contribution in [0.1, 0.15) is 44.1 Å². The van der Waals surface area contributed by atoms with Crippen molar-refractivity contribution in [2.45, 2.75) is 61.9 Å². The molecule has 3 aromatic rings. The molecule has 0 radical (unpaired) electrons.